The molecule has 0 atom stereocenters. The van der Waals surface area contributed by atoms with Crippen molar-refractivity contribution in [1.29, 1.82) is 0 Å². The van der Waals surface area contributed by atoms with Gasteiger partial charge in [-0.3, -0.25) is 4.99 Å². The summed E-state index contributed by atoms with van der Waals surface area (Å²) in [5, 5.41) is 0. The second kappa shape index (κ2) is 7.73. The summed E-state index contributed by atoms with van der Waals surface area (Å²) >= 11 is 0. The number of amides is 1. The maximum Gasteiger partial charge on any atom is 0.410 e. The maximum atomic E-state index is 12.3. The van der Waals surface area contributed by atoms with Gasteiger partial charge in [-0.25, -0.2) is 4.79 Å². The number of ether oxygens (including phenoxy) is 1. The molecule has 1 fully saturated rings. The normalized spacial score (nSPS) is 17.0. The van der Waals surface area contributed by atoms with Crippen molar-refractivity contribution in [2.24, 2.45) is 4.99 Å². The Morgan fingerprint density at radius 2 is 1.88 bits per heavy atom. The predicted octanol–water partition coefficient (Wildman–Crippen LogP) is 4.18. The first-order valence-corrected chi connectivity index (χ1v) is 9.38. The molecule has 1 saturated heterocycles. The average Bonchev–Trinajstić information content (AvgIpc) is 2.72. The summed E-state index contributed by atoms with van der Waals surface area (Å²) in [4.78, 5) is 18.6. The van der Waals surface area contributed by atoms with Crippen LogP contribution in [0.5, 0.6) is 0 Å². The second-order valence-corrected chi connectivity index (χ2v) is 7.00. The molecule has 0 radical (unpaired) electrons. The number of benzene rings is 2. The first-order valence-electron chi connectivity index (χ1n) is 9.38. The van der Waals surface area contributed by atoms with Gasteiger partial charge in [0, 0.05) is 25.8 Å². The molecule has 1 amide bonds. The lowest BCUT2D eigenvalue weighted by Crippen LogP contribution is -2.38. The van der Waals surface area contributed by atoms with Gasteiger partial charge in [-0.05, 0) is 47.4 Å². The number of rotatable bonds is 3. The van der Waals surface area contributed by atoms with E-state index in [-0.39, 0.29) is 6.09 Å². The van der Waals surface area contributed by atoms with Crippen molar-refractivity contribution in [3.63, 3.8) is 0 Å². The van der Waals surface area contributed by atoms with Gasteiger partial charge in [-0.2, -0.15) is 0 Å². The van der Waals surface area contributed by atoms with Crippen molar-refractivity contribution < 1.29 is 9.53 Å². The van der Waals surface area contributed by atoms with Crippen LogP contribution in [0.2, 0.25) is 0 Å². The fraction of sp³-hybridized carbons (Fsp3) is 0.364. The molecule has 26 heavy (non-hydrogen) atoms. The van der Waals surface area contributed by atoms with Crippen molar-refractivity contribution in [2.45, 2.75) is 31.8 Å². The van der Waals surface area contributed by atoms with Crippen molar-refractivity contribution in [2.75, 3.05) is 19.6 Å². The number of hydrogen-bond acceptors (Lipinski definition) is 3. The molecule has 0 bridgehead atoms. The summed E-state index contributed by atoms with van der Waals surface area (Å²) in [6.45, 7) is 2.74. The van der Waals surface area contributed by atoms with Gasteiger partial charge in [-0.15, -0.1) is 0 Å². The van der Waals surface area contributed by atoms with E-state index in [2.05, 4.69) is 23.2 Å². The van der Waals surface area contributed by atoms with Crippen LogP contribution in [-0.2, 0) is 17.8 Å². The fourth-order valence-electron chi connectivity index (χ4n) is 3.94. The monoisotopic (exact) mass is 348 g/mol. The number of fused-ring (bicyclic) bond motifs is 1. The SMILES string of the molecule is O=C(OCc1ccccc1)N1CCC(c2cccc3c2CCN=C3)CC1. The molecular formula is C22H24N2O2. The highest BCUT2D eigenvalue weighted by molar-refractivity contribution is 5.83. The van der Waals surface area contributed by atoms with E-state index in [0.29, 0.717) is 12.5 Å². The molecule has 0 spiro atoms. The molecule has 2 aliphatic rings. The molecule has 0 saturated carbocycles. The van der Waals surface area contributed by atoms with E-state index in [1.54, 1.807) is 0 Å². The van der Waals surface area contributed by atoms with E-state index in [9.17, 15) is 4.79 Å². The number of piperidine rings is 1. The van der Waals surface area contributed by atoms with Crippen molar-refractivity contribution in [1.82, 2.24) is 4.90 Å². The Morgan fingerprint density at radius 1 is 1.08 bits per heavy atom. The quantitative estimate of drug-likeness (QED) is 0.835. The van der Waals surface area contributed by atoms with Crippen molar-refractivity contribution in [3.05, 3.63) is 70.8 Å². The highest BCUT2D eigenvalue weighted by atomic mass is 16.6. The van der Waals surface area contributed by atoms with Gasteiger partial charge in [0.2, 0.25) is 0 Å². The molecule has 4 nitrogen and oxygen atoms in total. The molecule has 0 aliphatic carbocycles. The largest absolute Gasteiger partial charge is 0.445 e. The fourth-order valence-corrected chi connectivity index (χ4v) is 3.94. The van der Waals surface area contributed by atoms with Crippen LogP contribution in [0.3, 0.4) is 0 Å². The maximum absolute atomic E-state index is 12.3. The summed E-state index contributed by atoms with van der Waals surface area (Å²) < 4.78 is 5.47. The Labute approximate surface area is 154 Å². The molecule has 0 N–H and O–H groups in total. The van der Waals surface area contributed by atoms with E-state index >= 15 is 0 Å². The number of likely N-dealkylation sites (tertiary alicyclic amines) is 1. The molecule has 0 aromatic heterocycles. The molecule has 134 valence electrons. The van der Waals surface area contributed by atoms with Gasteiger partial charge >= 0.3 is 6.09 Å². The number of carbonyl (C=O) groups is 1. The minimum atomic E-state index is -0.200. The van der Waals surface area contributed by atoms with Crippen LogP contribution in [0.15, 0.2) is 53.5 Å². The van der Waals surface area contributed by atoms with Gasteiger partial charge in [0.1, 0.15) is 6.61 Å². The lowest BCUT2D eigenvalue weighted by molar-refractivity contribution is 0.0870. The Balaban J connectivity index is 1.34. The zero-order valence-corrected chi connectivity index (χ0v) is 14.9. The summed E-state index contributed by atoms with van der Waals surface area (Å²) in [7, 11) is 0. The summed E-state index contributed by atoms with van der Waals surface area (Å²) in [5.74, 6) is 0.523. The third kappa shape index (κ3) is 3.64. The van der Waals surface area contributed by atoms with E-state index in [4.69, 9.17) is 4.74 Å². The first kappa shape index (κ1) is 16.8. The van der Waals surface area contributed by atoms with E-state index in [0.717, 1.165) is 44.5 Å². The molecule has 4 rings (SSSR count). The van der Waals surface area contributed by atoms with Gasteiger partial charge in [-0.1, -0.05) is 48.5 Å². The van der Waals surface area contributed by atoms with Crippen LogP contribution < -0.4 is 0 Å². The Bertz CT molecular complexity index is 793. The van der Waals surface area contributed by atoms with Crippen LogP contribution >= 0.6 is 0 Å². The van der Waals surface area contributed by atoms with Gasteiger partial charge < -0.3 is 9.64 Å². The molecule has 2 heterocycles. The van der Waals surface area contributed by atoms with E-state index < -0.39 is 0 Å². The van der Waals surface area contributed by atoms with Gasteiger partial charge in [0.15, 0.2) is 0 Å². The molecular weight excluding hydrogens is 324 g/mol. The van der Waals surface area contributed by atoms with Crippen LogP contribution in [0.1, 0.15) is 41.0 Å². The zero-order valence-electron chi connectivity index (χ0n) is 14.9. The van der Waals surface area contributed by atoms with Crippen LogP contribution in [-0.4, -0.2) is 36.8 Å². The van der Waals surface area contributed by atoms with E-state index in [1.165, 1.54) is 16.7 Å². The number of carbonyl (C=O) groups excluding carboxylic acids is 1. The molecule has 4 heteroatoms. The summed E-state index contributed by atoms with van der Waals surface area (Å²) in [5.41, 5.74) is 5.19. The third-order valence-corrected chi connectivity index (χ3v) is 5.37. The van der Waals surface area contributed by atoms with Crippen molar-refractivity contribution >= 4 is 12.3 Å². The highest BCUT2D eigenvalue weighted by Gasteiger charge is 2.26. The highest BCUT2D eigenvalue weighted by Crippen LogP contribution is 2.32. The van der Waals surface area contributed by atoms with Crippen LogP contribution in [0.4, 0.5) is 4.79 Å². The summed E-state index contributed by atoms with van der Waals surface area (Å²) in [6, 6.07) is 16.4. The minimum Gasteiger partial charge on any atom is -0.445 e. The molecule has 2 aromatic carbocycles. The van der Waals surface area contributed by atoms with Crippen LogP contribution in [0, 0.1) is 0 Å². The van der Waals surface area contributed by atoms with Gasteiger partial charge in [0.05, 0.1) is 0 Å². The molecule has 2 aliphatic heterocycles. The number of nitrogens with zero attached hydrogens (tertiary/aromatic N) is 2. The predicted molar refractivity (Wildman–Crippen MR) is 103 cm³/mol. The summed E-state index contributed by atoms with van der Waals surface area (Å²) in [6.07, 6.45) is 4.82. The average molecular weight is 348 g/mol. The Morgan fingerprint density at radius 3 is 2.69 bits per heavy atom. The lowest BCUT2D eigenvalue weighted by atomic mass is 9.83. The van der Waals surface area contributed by atoms with Crippen LogP contribution in [0.25, 0.3) is 0 Å². The smallest absolute Gasteiger partial charge is 0.410 e. The van der Waals surface area contributed by atoms with Crippen molar-refractivity contribution in [3.8, 4) is 0 Å². The Hall–Kier alpha value is -2.62. The lowest BCUT2D eigenvalue weighted by Gasteiger charge is -2.33. The zero-order chi connectivity index (χ0) is 17.8. The Kier molecular flexibility index (Phi) is 5.00. The van der Waals surface area contributed by atoms with Gasteiger partial charge in [0.25, 0.3) is 0 Å². The second-order valence-electron chi connectivity index (χ2n) is 7.00. The number of aliphatic imine (C=N–C) groups is 1. The third-order valence-electron chi connectivity index (χ3n) is 5.37. The molecule has 2 aromatic rings. The molecule has 0 unspecified atom stereocenters. The minimum absolute atomic E-state index is 0.200. The topological polar surface area (TPSA) is 41.9 Å². The standard InChI is InChI=1S/C22H24N2O2/c25-22(26-16-17-5-2-1-3-6-17)24-13-10-18(11-14-24)20-8-4-7-19-15-23-12-9-21(19)20/h1-8,15,18H,9-14,16H2. The first-order chi connectivity index (χ1) is 12.8. The van der Waals surface area contributed by atoms with E-state index in [1.807, 2.05) is 41.4 Å². The number of hydrogen-bond donors (Lipinski definition) is 0.